The molecule has 2 aromatic carbocycles. The van der Waals surface area contributed by atoms with Crippen LogP contribution in [0.1, 0.15) is 59.0 Å². The van der Waals surface area contributed by atoms with Gasteiger partial charge in [-0.25, -0.2) is 4.98 Å². The lowest BCUT2D eigenvalue weighted by Gasteiger charge is -2.31. The molecule has 2 atom stereocenters. The van der Waals surface area contributed by atoms with E-state index in [0.717, 1.165) is 27.4 Å². The molecule has 1 saturated carbocycles. The summed E-state index contributed by atoms with van der Waals surface area (Å²) < 4.78 is 23.0. The van der Waals surface area contributed by atoms with E-state index in [-0.39, 0.29) is 12.0 Å². The van der Waals surface area contributed by atoms with Crippen LogP contribution in [0.5, 0.6) is 5.88 Å². The maximum absolute atomic E-state index is 12.8. The number of nitrogens with one attached hydrogen (secondary N) is 1. The molecular formula is C28H31N3O4S. The number of hydrogen-bond donors (Lipinski definition) is 1. The second-order valence-electron chi connectivity index (χ2n) is 9.31. The molecule has 1 aliphatic heterocycles. The van der Waals surface area contributed by atoms with Gasteiger partial charge in [0.2, 0.25) is 5.88 Å². The van der Waals surface area contributed by atoms with Crippen molar-refractivity contribution < 1.29 is 18.5 Å². The Kier molecular flexibility index (Phi) is 7.07. The maximum Gasteiger partial charge on any atom is 0.270 e. The van der Waals surface area contributed by atoms with Crippen LogP contribution in [0.15, 0.2) is 59.5 Å². The molecule has 1 fully saturated rings. The van der Waals surface area contributed by atoms with Crippen molar-refractivity contribution in [2.75, 3.05) is 31.4 Å². The molecule has 2 heterocycles. The Morgan fingerprint density at radius 2 is 1.97 bits per heavy atom. The van der Waals surface area contributed by atoms with Gasteiger partial charge in [-0.15, -0.1) is 0 Å². The zero-order valence-corrected chi connectivity index (χ0v) is 21.6. The van der Waals surface area contributed by atoms with Crippen molar-refractivity contribution in [3.63, 3.8) is 0 Å². The molecule has 0 spiro atoms. The third-order valence-corrected chi connectivity index (χ3v) is 7.71. The summed E-state index contributed by atoms with van der Waals surface area (Å²) in [4.78, 5) is 20.3. The number of methoxy groups -OCH3 is 1. The highest BCUT2D eigenvalue weighted by Crippen LogP contribution is 2.44. The quantitative estimate of drug-likeness (QED) is 0.471. The van der Waals surface area contributed by atoms with E-state index in [1.807, 2.05) is 30.3 Å². The summed E-state index contributed by atoms with van der Waals surface area (Å²) in [6.07, 6.45) is 4.11. The molecule has 1 amide bonds. The minimum Gasteiger partial charge on any atom is -0.474 e. The second kappa shape index (κ2) is 10.4. The highest BCUT2D eigenvalue weighted by molar-refractivity contribution is 7.84. The first-order chi connectivity index (χ1) is 17.4. The van der Waals surface area contributed by atoms with Crippen LogP contribution in [0.25, 0.3) is 0 Å². The van der Waals surface area contributed by atoms with Gasteiger partial charge in [0.05, 0.1) is 12.6 Å². The van der Waals surface area contributed by atoms with Gasteiger partial charge < -0.3 is 19.7 Å². The Morgan fingerprint density at radius 1 is 1.19 bits per heavy atom. The van der Waals surface area contributed by atoms with Gasteiger partial charge in [0.25, 0.3) is 5.91 Å². The first-order valence-electron chi connectivity index (χ1n) is 12.2. The lowest BCUT2D eigenvalue weighted by Crippen LogP contribution is -2.30. The lowest BCUT2D eigenvalue weighted by atomic mass is 10.0. The number of rotatable bonds is 8. The average molecular weight is 506 g/mol. The third kappa shape index (κ3) is 5.29. The molecule has 188 valence electrons. The van der Waals surface area contributed by atoms with Gasteiger partial charge >= 0.3 is 0 Å². The van der Waals surface area contributed by atoms with Crippen LogP contribution in [-0.2, 0) is 22.1 Å². The first kappa shape index (κ1) is 24.5. The maximum atomic E-state index is 12.8. The highest BCUT2D eigenvalue weighted by atomic mass is 32.2. The number of hydrogen-bond acceptors (Lipinski definition) is 6. The Labute approximate surface area is 214 Å². The second-order valence-corrected chi connectivity index (χ2v) is 10.7. The molecule has 2 unspecified atom stereocenters. The highest BCUT2D eigenvalue weighted by Gasteiger charge is 2.28. The minimum absolute atomic E-state index is 0.00693. The van der Waals surface area contributed by atoms with Crippen LogP contribution in [0.2, 0.25) is 0 Å². The zero-order valence-electron chi connectivity index (χ0n) is 20.8. The number of fused-ring (bicyclic) bond motifs is 1. The summed E-state index contributed by atoms with van der Waals surface area (Å²) in [5.41, 5.74) is 5.69. The smallest absolute Gasteiger partial charge is 0.270 e. The van der Waals surface area contributed by atoms with Crippen LogP contribution < -0.4 is 15.0 Å². The summed E-state index contributed by atoms with van der Waals surface area (Å²) in [6.45, 7) is 3.61. The minimum atomic E-state index is -1.02. The van der Waals surface area contributed by atoms with Gasteiger partial charge in [-0.1, -0.05) is 18.2 Å². The zero-order chi connectivity index (χ0) is 25.2. The van der Waals surface area contributed by atoms with Gasteiger partial charge in [-0.2, -0.15) is 0 Å². The van der Waals surface area contributed by atoms with Crippen molar-refractivity contribution in [1.29, 1.82) is 0 Å². The van der Waals surface area contributed by atoms with E-state index in [1.165, 1.54) is 18.4 Å². The first-order valence-corrected chi connectivity index (χ1v) is 13.8. The summed E-state index contributed by atoms with van der Waals surface area (Å²) in [5, 5.41) is 2.91. The predicted octanol–water partition coefficient (Wildman–Crippen LogP) is 4.86. The normalized spacial score (nSPS) is 16.6. The van der Waals surface area contributed by atoms with E-state index in [2.05, 4.69) is 40.3 Å². The van der Waals surface area contributed by atoms with Crippen molar-refractivity contribution in [1.82, 2.24) is 10.3 Å². The van der Waals surface area contributed by atoms with E-state index in [0.29, 0.717) is 37.2 Å². The topological polar surface area (TPSA) is 80.8 Å². The third-order valence-electron chi connectivity index (χ3n) is 6.77. The van der Waals surface area contributed by atoms with Crippen molar-refractivity contribution in [3.8, 4) is 5.88 Å². The summed E-state index contributed by atoms with van der Waals surface area (Å²) in [7, 11) is 0.708. The molecule has 0 saturated heterocycles. The number of anilines is 2. The number of nitrogens with zero attached hydrogens (tertiary/aromatic N) is 2. The monoisotopic (exact) mass is 505 g/mol. The molecular weight excluding hydrogens is 474 g/mol. The summed E-state index contributed by atoms with van der Waals surface area (Å²) >= 11 is 0. The predicted molar refractivity (Wildman–Crippen MR) is 141 cm³/mol. The number of aromatic nitrogens is 1. The molecule has 3 aromatic rings. The standard InChI is InChI=1S/C28H31N3O4S/c1-18(34-2)21-14-22(20-6-7-20)16-23(15-21)31-12-13-35-28-26(31)11-10-25(30-28)27(32)29-17-19-4-8-24(9-5-19)36(3)33/h4-5,8-11,14-16,18,20H,6-7,12-13,17H2,1-3H3,(H,29,32). The fraction of sp³-hybridized carbons (Fsp3) is 0.357. The van der Waals surface area contributed by atoms with Crippen LogP contribution in [0, 0.1) is 0 Å². The molecule has 7 nitrogen and oxygen atoms in total. The molecule has 36 heavy (non-hydrogen) atoms. The molecule has 8 heteroatoms. The van der Waals surface area contributed by atoms with E-state index < -0.39 is 10.8 Å². The number of pyridine rings is 1. The molecule has 1 aromatic heterocycles. The van der Waals surface area contributed by atoms with Crippen molar-refractivity contribution in [2.45, 2.75) is 43.2 Å². The fourth-order valence-corrected chi connectivity index (χ4v) is 4.92. The Morgan fingerprint density at radius 3 is 2.67 bits per heavy atom. The average Bonchev–Trinajstić information content (AvgIpc) is 3.76. The van der Waals surface area contributed by atoms with E-state index in [1.54, 1.807) is 19.4 Å². The molecule has 2 aliphatic rings. The number of benzene rings is 2. The van der Waals surface area contributed by atoms with Crippen LogP contribution in [-0.4, -0.2) is 41.6 Å². The van der Waals surface area contributed by atoms with Crippen LogP contribution in [0.4, 0.5) is 11.4 Å². The lowest BCUT2D eigenvalue weighted by molar-refractivity contribution is 0.0944. The summed E-state index contributed by atoms with van der Waals surface area (Å²) in [5.74, 6) is 0.813. The Bertz CT molecular complexity index is 1290. The van der Waals surface area contributed by atoms with Gasteiger partial charge in [-0.05, 0) is 78.8 Å². The van der Waals surface area contributed by atoms with E-state index >= 15 is 0 Å². The summed E-state index contributed by atoms with van der Waals surface area (Å²) in [6, 6.07) is 17.7. The number of amides is 1. The van der Waals surface area contributed by atoms with Crippen molar-refractivity contribution in [3.05, 3.63) is 77.0 Å². The van der Waals surface area contributed by atoms with Crippen molar-refractivity contribution in [2.24, 2.45) is 0 Å². The number of ether oxygens (including phenoxy) is 2. The van der Waals surface area contributed by atoms with Gasteiger partial charge in [-0.3, -0.25) is 9.00 Å². The fourth-order valence-electron chi connectivity index (χ4n) is 4.40. The van der Waals surface area contributed by atoms with Gasteiger partial charge in [0.15, 0.2) is 0 Å². The molecule has 0 radical (unpaired) electrons. The Balaban J connectivity index is 1.34. The number of carbonyl (C=O) groups is 1. The van der Waals surface area contributed by atoms with E-state index in [9.17, 15) is 9.00 Å². The van der Waals surface area contributed by atoms with E-state index in [4.69, 9.17) is 9.47 Å². The largest absolute Gasteiger partial charge is 0.474 e. The van der Waals surface area contributed by atoms with Crippen molar-refractivity contribution >= 4 is 28.1 Å². The molecule has 1 aliphatic carbocycles. The number of carbonyl (C=O) groups excluding carboxylic acids is 1. The molecule has 5 rings (SSSR count). The van der Waals surface area contributed by atoms with Crippen LogP contribution >= 0.6 is 0 Å². The molecule has 0 bridgehead atoms. The molecule has 1 N–H and O–H groups in total. The van der Waals surface area contributed by atoms with Crippen LogP contribution in [0.3, 0.4) is 0 Å². The Hall–Kier alpha value is -3.23. The SMILES string of the molecule is COC(C)c1cc(C2CC2)cc(N2CCOc3nc(C(=O)NCc4ccc(S(C)=O)cc4)ccc32)c1. The van der Waals surface area contributed by atoms with Gasteiger partial charge in [0, 0.05) is 41.3 Å². The van der Waals surface area contributed by atoms with Gasteiger partial charge in [0.1, 0.15) is 18.0 Å².